The Kier molecular flexibility index (Phi) is 54.7. The van der Waals surface area contributed by atoms with Crippen LogP contribution in [-0.4, -0.2) is 19.6 Å². The summed E-state index contributed by atoms with van der Waals surface area (Å²) in [6.07, 6.45) is 0. The predicted molar refractivity (Wildman–Crippen MR) is 33.2 cm³/mol. The second kappa shape index (κ2) is 19.2. The third kappa shape index (κ3) is 45.3. The summed E-state index contributed by atoms with van der Waals surface area (Å²) in [6, 6.07) is 0. The molecule has 0 aromatic rings. The second-order valence-corrected chi connectivity index (χ2v) is 3.68. The van der Waals surface area contributed by atoms with E-state index < -0.39 is 15.6 Å². The van der Waals surface area contributed by atoms with Gasteiger partial charge in [0.15, 0.2) is 0 Å². The molecule has 0 saturated heterocycles. The van der Waals surface area contributed by atoms with Crippen molar-refractivity contribution in [3.05, 3.63) is 0 Å². The fourth-order valence-corrected chi connectivity index (χ4v) is 1.25. The number of hydrogen-bond acceptors (Lipinski definition) is 3. The molecule has 0 aliphatic heterocycles. The van der Waals surface area contributed by atoms with Gasteiger partial charge in [0.2, 0.25) is 0 Å². The van der Waals surface area contributed by atoms with Crippen LogP contribution in [0.4, 0.5) is 4.70 Å². The first-order chi connectivity index (χ1) is 3.71. The summed E-state index contributed by atoms with van der Waals surface area (Å²) in [5.74, 6) is 0. The second-order valence-electron chi connectivity index (χ2n) is 1.06. The monoisotopic (exact) mass is 318 g/mol. The molecule has 0 aromatic heterocycles. The fraction of sp³-hybridized carbons (Fsp3) is 0. The van der Waals surface area contributed by atoms with Crippen molar-refractivity contribution in [1.82, 2.24) is 0 Å². The van der Waals surface area contributed by atoms with Crippen molar-refractivity contribution in [3.63, 3.8) is 0 Å². The van der Waals surface area contributed by atoms with Crippen LogP contribution in [0.2, 0.25) is 0 Å². The summed E-state index contributed by atoms with van der Waals surface area (Å²) >= 11 is 0. The molecule has 7 nitrogen and oxygen atoms in total. The van der Waals surface area contributed by atoms with E-state index in [1.807, 2.05) is 0 Å². The van der Waals surface area contributed by atoms with Gasteiger partial charge in [0.05, 0.1) is 0 Å². The molecule has 0 spiro atoms. The van der Waals surface area contributed by atoms with Crippen molar-refractivity contribution in [2.24, 2.45) is 0 Å². The summed E-state index contributed by atoms with van der Waals surface area (Å²) < 4.78 is 22.2. The van der Waals surface area contributed by atoms with Gasteiger partial charge in [-0.05, 0) is 0 Å². The molecule has 0 aliphatic carbocycles. The zero-order valence-electron chi connectivity index (χ0n) is 14.3. The van der Waals surface area contributed by atoms with Crippen LogP contribution in [0.1, 0.15) is 7.13 Å². The first-order valence-electron chi connectivity index (χ1n) is 1.53. The third-order valence-corrected chi connectivity index (χ3v) is 1.91. The van der Waals surface area contributed by atoms with Crippen molar-refractivity contribution in [2.75, 3.05) is 0 Å². The fourth-order valence-electron chi connectivity index (χ4n) is 0.139. The molecule has 0 aliphatic rings. The minimum absolute atomic E-state index is 0. The molecule has 0 heterocycles. The average Bonchev–Trinajstić information content (AvgIpc) is 1.14. The summed E-state index contributed by atoms with van der Waals surface area (Å²) in [5, 5.41) is 0. The van der Waals surface area contributed by atoms with E-state index in [0.717, 1.165) is 0 Å². The molecule has 4 N–H and O–H groups in total. The summed E-state index contributed by atoms with van der Waals surface area (Å²) in [5.41, 5.74) is 0. The molecule has 74 valence electrons. The van der Waals surface area contributed by atoms with Crippen molar-refractivity contribution < 1.29 is 193 Å². The van der Waals surface area contributed by atoms with Gasteiger partial charge < -0.3 is 26.7 Å². The molecule has 15 heavy (non-hydrogen) atoms. The molecule has 0 saturated carbocycles. The maximum absolute atomic E-state index is 9.63. The van der Waals surface area contributed by atoms with Crippen LogP contribution in [-0.2, 0) is 13.4 Å². The zero-order valence-corrected chi connectivity index (χ0v) is 21.1. The Bertz CT molecular complexity index is 182. The van der Waals surface area contributed by atoms with Gasteiger partial charge in [-0.15, -0.1) is 0 Å². The molecule has 0 atom stereocenters. The molecule has 0 fully saturated rings. The topological polar surface area (TPSA) is 124 Å². The molecule has 0 aromatic carbocycles. The Morgan fingerprint density at radius 2 is 0.867 bits per heavy atom. The van der Waals surface area contributed by atoms with E-state index in [1.165, 1.54) is 0 Å². The van der Waals surface area contributed by atoms with E-state index in [4.69, 9.17) is 19.6 Å². The Morgan fingerprint density at radius 3 is 0.867 bits per heavy atom. The van der Waals surface area contributed by atoms with Crippen LogP contribution in [0, 0.1) is 0 Å². The number of rotatable bonds is 2. The molecule has 0 bridgehead atoms. The molecule has 0 amide bonds. The third-order valence-electron chi connectivity index (χ3n) is 0.213. The van der Waals surface area contributed by atoms with Crippen LogP contribution in [0.25, 0.3) is 0 Å². The van der Waals surface area contributed by atoms with Gasteiger partial charge in [-0.3, -0.25) is 4.70 Å². The maximum atomic E-state index is 9.63. The van der Waals surface area contributed by atoms with E-state index in [0.29, 0.717) is 0 Å². The Morgan fingerprint density at radius 1 is 0.733 bits per heavy atom. The van der Waals surface area contributed by atoms with Crippen molar-refractivity contribution in [1.29, 1.82) is 0 Å². The first kappa shape index (κ1) is 42.7. The zero-order chi connectivity index (χ0) is 7.71. The molecule has 0 unspecified atom stereocenters. The SMILES string of the molecule is F.O=P(O)(O)OP(=O)(O)O.[H-].[H-].[H-].[H-].[H-].[Na+].[Na+].[Na+].[Na+].[Na+]. The number of halogens is 1. The van der Waals surface area contributed by atoms with Gasteiger partial charge in [0.1, 0.15) is 0 Å². The summed E-state index contributed by atoms with van der Waals surface area (Å²) in [6.45, 7) is 0. The summed E-state index contributed by atoms with van der Waals surface area (Å²) in [4.78, 5) is 31.0. The van der Waals surface area contributed by atoms with Crippen LogP contribution < -0.4 is 148 Å². The van der Waals surface area contributed by atoms with Crippen LogP contribution in [0.5, 0.6) is 0 Å². The quantitative estimate of drug-likeness (QED) is 0.294. The van der Waals surface area contributed by atoms with Crippen LogP contribution >= 0.6 is 15.6 Å². The molecule has 0 radical (unpaired) electrons. The van der Waals surface area contributed by atoms with E-state index in [2.05, 4.69) is 4.31 Å². The first-order valence-corrected chi connectivity index (χ1v) is 4.59. The largest absolute Gasteiger partial charge is 1.00 e. The summed E-state index contributed by atoms with van der Waals surface area (Å²) in [7, 11) is -10.1. The van der Waals surface area contributed by atoms with Crippen molar-refractivity contribution in [3.8, 4) is 0 Å². The minimum Gasteiger partial charge on any atom is -1.00 e. The molecule has 15 heteroatoms. The van der Waals surface area contributed by atoms with Gasteiger partial charge in [0.25, 0.3) is 0 Å². The Balaban J connectivity index is -0.00000000582. The van der Waals surface area contributed by atoms with Gasteiger partial charge in [-0.1, -0.05) is 0 Å². The van der Waals surface area contributed by atoms with E-state index in [1.54, 1.807) is 0 Å². The average molecular weight is 318 g/mol. The van der Waals surface area contributed by atoms with Crippen molar-refractivity contribution >= 4 is 15.6 Å². The van der Waals surface area contributed by atoms with E-state index in [-0.39, 0.29) is 160 Å². The Hall–Kier alpha value is 5.19. The number of phosphoric acid groups is 2. The van der Waals surface area contributed by atoms with Gasteiger partial charge in [0, 0.05) is 0 Å². The maximum Gasteiger partial charge on any atom is 1.00 e. The van der Waals surface area contributed by atoms with Crippen molar-refractivity contribution in [2.45, 2.75) is 0 Å². The van der Waals surface area contributed by atoms with E-state index >= 15 is 0 Å². The van der Waals surface area contributed by atoms with Crippen LogP contribution in [0.15, 0.2) is 0 Å². The van der Waals surface area contributed by atoms with E-state index in [9.17, 15) is 9.13 Å². The Labute approximate surface area is 204 Å². The number of hydrogen-bond donors (Lipinski definition) is 4. The minimum atomic E-state index is -5.05. The molecule has 0 rings (SSSR count). The molecular formula is H10FNa5O7P2. The predicted octanol–water partition coefficient (Wildman–Crippen LogP) is -15.1. The van der Waals surface area contributed by atoms with Gasteiger partial charge in [-0.2, -0.15) is 4.31 Å². The van der Waals surface area contributed by atoms with Crippen LogP contribution in [0.3, 0.4) is 0 Å². The normalized spacial score (nSPS) is 8.27. The standard InChI is InChI=1S/FH.5Na.H4O7P2.5H/c;;;;;;1-8(2,3)7-9(4,5)6;;;;;/h1H;;;;;;(H2,1,2,3)(H2,4,5,6);;;;;/q;5*+1;;5*-1. The smallest absolute Gasteiger partial charge is 1.00 e. The van der Waals surface area contributed by atoms with Gasteiger partial charge in [-0.25, -0.2) is 9.13 Å². The molecular weight excluding hydrogens is 308 g/mol. The van der Waals surface area contributed by atoms with Gasteiger partial charge >= 0.3 is 163 Å².